The molecule has 20 heavy (non-hydrogen) atoms. The van der Waals surface area contributed by atoms with Crippen molar-refractivity contribution in [3.63, 3.8) is 0 Å². The van der Waals surface area contributed by atoms with E-state index in [0.717, 1.165) is 24.8 Å². The molecule has 1 unspecified atom stereocenters. The second-order valence-corrected chi connectivity index (χ2v) is 5.31. The first-order valence-electron chi connectivity index (χ1n) is 6.66. The largest absolute Gasteiger partial charge is 0.490 e. The van der Waals surface area contributed by atoms with Crippen LogP contribution < -0.4 is 4.74 Å². The van der Waals surface area contributed by atoms with Gasteiger partial charge in [0.2, 0.25) is 0 Å². The van der Waals surface area contributed by atoms with Gasteiger partial charge in [-0.25, -0.2) is 4.39 Å². The molecule has 0 saturated heterocycles. The number of nitrogens with zero attached hydrogens (tertiary/aromatic N) is 1. The third kappa shape index (κ3) is 2.65. The lowest BCUT2D eigenvalue weighted by molar-refractivity contribution is 0.101. The summed E-state index contributed by atoms with van der Waals surface area (Å²) in [5.74, 6) is 0.334. The van der Waals surface area contributed by atoms with Crippen molar-refractivity contribution in [2.75, 3.05) is 0 Å². The lowest BCUT2D eigenvalue weighted by atomic mass is 9.89. The summed E-state index contributed by atoms with van der Waals surface area (Å²) < 4.78 is 18.9. The molecule has 0 aliphatic heterocycles. The number of rotatable bonds is 4. The average Bonchev–Trinajstić information content (AvgIpc) is 3.23. The average molecular weight is 273 g/mol. The zero-order valence-corrected chi connectivity index (χ0v) is 11.2. The predicted octanol–water partition coefficient (Wildman–Crippen LogP) is 3.02. The highest BCUT2D eigenvalue weighted by molar-refractivity contribution is 5.37. The highest BCUT2D eigenvalue weighted by atomic mass is 19.1. The van der Waals surface area contributed by atoms with Gasteiger partial charge in [-0.2, -0.15) is 0 Å². The van der Waals surface area contributed by atoms with Gasteiger partial charge in [-0.05, 0) is 43.5 Å². The fourth-order valence-electron chi connectivity index (χ4n) is 2.08. The Morgan fingerprint density at radius 3 is 2.50 bits per heavy atom. The van der Waals surface area contributed by atoms with Crippen LogP contribution in [0.2, 0.25) is 0 Å². The Labute approximate surface area is 117 Å². The quantitative estimate of drug-likeness (QED) is 0.931. The van der Waals surface area contributed by atoms with E-state index in [0.29, 0.717) is 17.2 Å². The Hall–Kier alpha value is -1.94. The van der Waals surface area contributed by atoms with E-state index in [1.165, 1.54) is 12.3 Å². The van der Waals surface area contributed by atoms with Gasteiger partial charge in [0.1, 0.15) is 17.2 Å². The summed E-state index contributed by atoms with van der Waals surface area (Å²) in [4.78, 5) is 3.78. The molecule has 1 aromatic heterocycles. The Balaban J connectivity index is 1.86. The molecule has 104 valence electrons. The van der Waals surface area contributed by atoms with E-state index >= 15 is 0 Å². The lowest BCUT2D eigenvalue weighted by Crippen LogP contribution is -2.23. The maximum atomic E-state index is 13.2. The fourth-order valence-corrected chi connectivity index (χ4v) is 2.08. The van der Waals surface area contributed by atoms with Crippen molar-refractivity contribution in [3.05, 3.63) is 59.7 Å². The Kier molecular flexibility index (Phi) is 3.18. The summed E-state index contributed by atoms with van der Waals surface area (Å²) in [5, 5.41) is 10.6. The highest BCUT2D eigenvalue weighted by Crippen LogP contribution is 2.32. The Bertz CT molecular complexity index is 606. The monoisotopic (exact) mass is 273 g/mol. The number of pyridine rings is 1. The molecule has 2 aromatic rings. The summed E-state index contributed by atoms with van der Waals surface area (Å²) in [6.07, 6.45) is 5.14. The normalized spacial score (nSPS) is 17.6. The number of halogens is 1. The number of hydrogen-bond donors (Lipinski definition) is 1. The maximum Gasteiger partial charge on any atom is 0.141 e. The molecule has 1 saturated carbocycles. The first-order chi connectivity index (χ1) is 9.55. The number of hydrogen-bond acceptors (Lipinski definition) is 3. The predicted molar refractivity (Wildman–Crippen MR) is 73.0 cm³/mol. The van der Waals surface area contributed by atoms with Crippen LogP contribution in [-0.4, -0.2) is 16.2 Å². The summed E-state index contributed by atoms with van der Waals surface area (Å²) in [5.41, 5.74) is -0.186. The van der Waals surface area contributed by atoms with Gasteiger partial charge in [0.25, 0.3) is 0 Å². The van der Waals surface area contributed by atoms with Crippen molar-refractivity contribution in [1.29, 1.82) is 0 Å². The smallest absolute Gasteiger partial charge is 0.141 e. The van der Waals surface area contributed by atoms with Gasteiger partial charge >= 0.3 is 0 Å². The second-order valence-electron chi connectivity index (χ2n) is 5.31. The molecule has 1 fully saturated rings. The summed E-state index contributed by atoms with van der Waals surface area (Å²) in [6.45, 7) is 1.63. The van der Waals surface area contributed by atoms with Crippen molar-refractivity contribution in [3.8, 4) is 5.75 Å². The van der Waals surface area contributed by atoms with Crippen LogP contribution in [0.3, 0.4) is 0 Å². The molecule has 0 radical (unpaired) electrons. The number of aromatic nitrogens is 1. The lowest BCUT2D eigenvalue weighted by Gasteiger charge is -2.24. The van der Waals surface area contributed by atoms with Crippen molar-refractivity contribution in [2.45, 2.75) is 31.5 Å². The first-order valence-corrected chi connectivity index (χ1v) is 6.66. The molecule has 3 nitrogen and oxygen atoms in total. The van der Waals surface area contributed by atoms with Gasteiger partial charge in [0.15, 0.2) is 0 Å². The van der Waals surface area contributed by atoms with E-state index in [9.17, 15) is 9.50 Å². The van der Waals surface area contributed by atoms with Gasteiger partial charge in [-0.3, -0.25) is 4.98 Å². The van der Waals surface area contributed by atoms with Crippen LogP contribution in [0, 0.1) is 5.82 Å². The summed E-state index contributed by atoms with van der Waals surface area (Å²) >= 11 is 0. The third-order valence-corrected chi connectivity index (χ3v) is 3.51. The van der Waals surface area contributed by atoms with Crippen LogP contribution in [0.4, 0.5) is 4.39 Å². The van der Waals surface area contributed by atoms with E-state index in [4.69, 9.17) is 4.74 Å². The molecule has 0 spiro atoms. The minimum Gasteiger partial charge on any atom is -0.490 e. The van der Waals surface area contributed by atoms with Crippen molar-refractivity contribution in [1.82, 2.24) is 4.98 Å². The van der Waals surface area contributed by atoms with Crippen LogP contribution in [0.5, 0.6) is 5.75 Å². The van der Waals surface area contributed by atoms with Crippen LogP contribution in [-0.2, 0) is 5.60 Å². The summed E-state index contributed by atoms with van der Waals surface area (Å²) in [6, 6.07) is 8.54. The van der Waals surface area contributed by atoms with Gasteiger partial charge in [-0.1, -0.05) is 12.1 Å². The Morgan fingerprint density at radius 1 is 1.20 bits per heavy atom. The molecular formula is C16H16FNO2. The molecule has 0 bridgehead atoms. The van der Waals surface area contributed by atoms with Crippen LogP contribution in [0.25, 0.3) is 0 Å². The molecule has 1 heterocycles. The molecule has 3 rings (SSSR count). The minimum atomic E-state index is -1.28. The van der Waals surface area contributed by atoms with E-state index in [1.54, 1.807) is 19.1 Å². The molecule has 4 heteroatoms. The van der Waals surface area contributed by atoms with E-state index < -0.39 is 11.4 Å². The second kappa shape index (κ2) is 4.87. The van der Waals surface area contributed by atoms with Crippen molar-refractivity contribution in [2.24, 2.45) is 0 Å². The maximum absolute atomic E-state index is 13.2. The molecule has 1 aliphatic rings. The van der Waals surface area contributed by atoms with Crippen molar-refractivity contribution >= 4 is 0 Å². The van der Waals surface area contributed by atoms with Gasteiger partial charge < -0.3 is 9.84 Å². The number of ether oxygens (including phenoxy) is 1. The topological polar surface area (TPSA) is 42.4 Å². The molecular weight excluding hydrogens is 257 g/mol. The minimum absolute atomic E-state index is 0.341. The standard InChI is InChI=1S/C16H16FNO2/c1-16(19,12-8-13(17)10-18-9-12)11-2-4-14(5-3-11)20-15-6-7-15/h2-5,8-10,15,19H,6-7H2,1H3. The van der Waals surface area contributed by atoms with Crippen LogP contribution in [0.1, 0.15) is 30.9 Å². The zero-order chi connectivity index (χ0) is 14.2. The number of benzene rings is 1. The summed E-state index contributed by atoms with van der Waals surface area (Å²) in [7, 11) is 0. The third-order valence-electron chi connectivity index (χ3n) is 3.51. The van der Waals surface area contributed by atoms with E-state index in [1.807, 2.05) is 12.1 Å². The molecule has 0 amide bonds. The zero-order valence-electron chi connectivity index (χ0n) is 11.2. The molecule has 1 N–H and O–H groups in total. The SMILES string of the molecule is CC(O)(c1ccc(OC2CC2)cc1)c1cncc(F)c1. The number of aliphatic hydroxyl groups is 1. The van der Waals surface area contributed by atoms with Gasteiger partial charge in [0.05, 0.1) is 12.3 Å². The highest BCUT2D eigenvalue weighted by Gasteiger charge is 2.27. The van der Waals surface area contributed by atoms with Crippen molar-refractivity contribution < 1.29 is 14.2 Å². The van der Waals surface area contributed by atoms with Gasteiger partial charge in [-0.15, -0.1) is 0 Å². The van der Waals surface area contributed by atoms with Gasteiger partial charge in [0, 0.05) is 11.8 Å². The van der Waals surface area contributed by atoms with Crippen LogP contribution in [0.15, 0.2) is 42.7 Å². The van der Waals surface area contributed by atoms with E-state index in [-0.39, 0.29) is 0 Å². The van der Waals surface area contributed by atoms with E-state index in [2.05, 4.69) is 4.98 Å². The van der Waals surface area contributed by atoms with Crippen LogP contribution >= 0.6 is 0 Å². The molecule has 1 atom stereocenters. The molecule has 1 aromatic carbocycles. The molecule has 1 aliphatic carbocycles. The Morgan fingerprint density at radius 2 is 1.90 bits per heavy atom. The first kappa shape index (κ1) is 13.1. The fraction of sp³-hybridized carbons (Fsp3) is 0.312.